The number of fused-ring (bicyclic) bond motifs is 1. The van der Waals surface area contributed by atoms with Gasteiger partial charge in [-0.25, -0.2) is 9.18 Å². The van der Waals surface area contributed by atoms with Crippen molar-refractivity contribution in [2.75, 3.05) is 50.7 Å². The van der Waals surface area contributed by atoms with Crippen LogP contribution in [0.4, 0.5) is 28.2 Å². The molecular formula is C29H38BrF4N5O3. The Bertz CT molecular complexity index is 1310. The molecule has 0 unspecified atom stereocenters. The van der Waals surface area contributed by atoms with E-state index in [4.69, 9.17) is 14.5 Å². The first-order valence-corrected chi connectivity index (χ1v) is 15.3. The summed E-state index contributed by atoms with van der Waals surface area (Å²) in [5.41, 5.74) is 0.423. The number of benzene rings is 1. The average molecular weight is 661 g/mol. The molecule has 0 aliphatic carbocycles. The molecule has 0 saturated carbocycles. The third kappa shape index (κ3) is 6.87. The van der Waals surface area contributed by atoms with Crippen LogP contribution in [0.5, 0.6) is 6.01 Å². The van der Waals surface area contributed by atoms with E-state index in [1.165, 1.54) is 4.90 Å². The van der Waals surface area contributed by atoms with Crippen molar-refractivity contribution in [3.05, 3.63) is 21.9 Å². The van der Waals surface area contributed by atoms with Gasteiger partial charge in [-0.2, -0.15) is 23.1 Å². The van der Waals surface area contributed by atoms with Gasteiger partial charge in [0, 0.05) is 50.1 Å². The Balaban J connectivity index is 1.33. The molecule has 42 heavy (non-hydrogen) atoms. The lowest BCUT2D eigenvalue weighted by atomic mass is 9.72. The Morgan fingerprint density at radius 3 is 2.31 bits per heavy atom. The second kappa shape index (κ2) is 11.6. The molecule has 2 aromatic rings. The number of hydrogen-bond acceptors (Lipinski definition) is 7. The molecule has 3 saturated heterocycles. The van der Waals surface area contributed by atoms with Crippen molar-refractivity contribution >= 4 is 38.7 Å². The first-order chi connectivity index (χ1) is 19.7. The molecule has 1 aromatic heterocycles. The summed E-state index contributed by atoms with van der Waals surface area (Å²) in [4.78, 5) is 26.9. The van der Waals surface area contributed by atoms with Crippen LogP contribution in [0.1, 0.15) is 58.9 Å². The molecule has 0 N–H and O–H groups in total. The fourth-order valence-corrected chi connectivity index (χ4v) is 6.67. The van der Waals surface area contributed by atoms with Crippen LogP contribution in [-0.4, -0.2) is 89.6 Å². The Kier molecular flexibility index (Phi) is 8.56. The highest BCUT2D eigenvalue weighted by atomic mass is 79.9. The van der Waals surface area contributed by atoms with Crippen LogP contribution < -0.4 is 9.64 Å². The van der Waals surface area contributed by atoms with Crippen molar-refractivity contribution in [1.29, 1.82) is 0 Å². The van der Waals surface area contributed by atoms with E-state index >= 15 is 4.39 Å². The highest BCUT2D eigenvalue weighted by Crippen LogP contribution is 2.43. The third-order valence-electron chi connectivity index (χ3n) is 8.32. The summed E-state index contributed by atoms with van der Waals surface area (Å²) in [5.74, 6) is 0.0992. The lowest BCUT2D eigenvalue weighted by Gasteiger charge is -2.53. The number of carbonyl (C=O) groups excluding carboxylic acids is 1. The summed E-state index contributed by atoms with van der Waals surface area (Å²) in [7, 11) is 0. The van der Waals surface area contributed by atoms with E-state index in [1.807, 2.05) is 33.8 Å². The molecule has 3 aliphatic heterocycles. The number of halogens is 5. The normalized spacial score (nSPS) is 20.2. The summed E-state index contributed by atoms with van der Waals surface area (Å²) >= 11 is 3.37. The van der Waals surface area contributed by atoms with Gasteiger partial charge in [-0.3, -0.25) is 4.90 Å². The van der Waals surface area contributed by atoms with E-state index in [2.05, 4.69) is 25.8 Å². The van der Waals surface area contributed by atoms with Gasteiger partial charge in [-0.15, -0.1) is 0 Å². The van der Waals surface area contributed by atoms with Gasteiger partial charge in [0.05, 0.1) is 11.0 Å². The van der Waals surface area contributed by atoms with Gasteiger partial charge in [0.15, 0.2) is 5.82 Å². The lowest BCUT2D eigenvalue weighted by molar-refractivity contribution is -0.149. The van der Waals surface area contributed by atoms with E-state index < -0.39 is 24.1 Å². The van der Waals surface area contributed by atoms with E-state index in [1.54, 1.807) is 4.90 Å². The number of rotatable bonds is 5. The summed E-state index contributed by atoms with van der Waals surface area (Å²) in [6.07, 6.45) is -1.81. The summed E-state index contributed by atoms with van der Waals surface area (Å²) < 4.78 is 66.0. The monoisotopic (exact) mass is 659 g/mol. The van der Waals surface area contributed by atoms with Crippen LogP contribution in [0.15, 0.2) is 10.5 Å². The topological polar surface area (TPSA) is 71.0 Å². The quantitative estimate of drug-likeness (QED) is 0.347. The Labute approximate surface area is 251 Å². The maximum absolute atomic E-state index is 15.6. The van der Waals surface area contributed by atoms with Crippen LogP contribution >= 0.6 is 15.9 Å². The Morgan fingerprint density at radius 1 is 1.10 bits per heavy atom. The maximum Gasteiger partial charge on any atom is 0.410 e. The predicted molar refractivity (Wildman–Crippen MR) is 154 cm³/mol. The van der Waals surface area contributed by atoms with Crippen LogP contribution in [0.2, 0.25) is 0 Å². The van der Waals surface area contributed by atoms with Crippen molar-refractivity contribution in [3.63, 3.8) is 0 Å². The summed E-state index contributed by atoms with van der Waals surface area (Å²) in [6, 6.07) is 1.94. The van der Waals surface area contributed by atoms with Crippen molar-refractivity contribution in [2.45, 2.75) is 77.7 Å². The molecule has 13 heteroatoms. The fraction of sp³-hybridized carbons (Fsp3) is 0.690. The second-order valence-electron chi connectivity index (χ2n) is 12.8. The molecule has 4 heterocycles. The first kappa shape index (κ1) is 31.0. The minimum Gasteiger partial charge on any atom is -0.460 e. The minimum atomic E-state index is -4.24. The largest absolute Gasteiger partial charge is 0.460 e. The molecule has 0 atom stereocenters. The first-order valence-electron chi connectivity index (χ1n) is 14.5. The van der Waals surface area contributed by atoms with Crippen LogP contribution in [-0.2, 0) is 11.2 Å². The maximum atomic E-state index is 15.6. The van der Waals surface area contributed by atoms with Gasteiger partial charge in [-0.05, 0) is 80.4 Å². The minimum absolute atomic E-state index is 0.0167. The van der Waals surface area contributed by atoms with E-state index in [0.29, 0.717) is 61.1 Å². The predicted octanol–water partition coefficient (Wildman–Crippen LogP) is 6.34. The highest BCUT2D eigenvalue weighted by molar-refractivity contribution is 9.10. The Morgan fingerprint density at radius 2 is 1.74 bits per heavy atom. The Hall–Kier alpha value is -2.41. The van der Waals surface area contributed by atoms with Gasteiger partial charge >= 0.3 is 18.3 Å². The smallest absolute Gasteiger partial charge is 0.410 e. The molecule has 5 rings (SSSR count). The number of ether oxygens (including phenoxy) is 2. The van der Waals surface area contributed by atoms with Gasteiger partial charge in [-0.1, -0.05) is 6.92 Å². The lowest BCUT2D eigenvalue weighted by Crippen LogP contribution is -2.62. The van der Waals surface area contributed by atoms with Crippen molar-refractivity contribution in [2.24, 2.45) is 5.41 Å². The summed E-state index contributed by atoms with van der Waals surface area (Å²) in [6.45, 7) is 9.69. The van der Waals surface area contributed by atoms with Crippen LogP contribution in [0.3, 0.4) is 0 Å². The van der Waals surface area contributed by atoms with Crippen molar-refractivity contribution in [1.82, 2.24) is 19.8 Å². The molecule has 232 valence electrons. The van der Waals surface area contributed by atoms with Crippen LogP contribution in [0, 0.1) is 11.2 Å². The molecule has 0 radical (unpaired) electrons. The number of carbonyl (C=O) groups is 1. The fourth-order valence-electron chi connectivity index (χ4n) is 6.09. The summed E-state index contributed by atoms with van der Waals surface area (Å²) in [5, 5.41) is 0.597. The molecule has 1 spiro atoms. The number of aryl methyl sites for hydroxylation is 1. The zero-order valence-corrected chi connectivity index (χ0v) is 26.1. The van der Waals surface area contributed by atoms with Gasteiger partial charge in [0.1, 0.15) is 23.0 Å². The second-order valence-corrected chi connectivity index (χ2v) is 13.6. The third-order valence-corrected chi connectivity index (χ3v) is 9.18. The molecule has 1 amide bonds. The SMILES string of the molecule is CCc1cc2c(N3CCC4(CC3)CN(C(=O)OC(C)(C)C)C4)nc(OC3CCN(CC(F)(F)F)CC3)nc2c(F)c1Br. The van der Waals surface area contributed by atoms with Crippen LogP contribution in [0.25, 0.3) is 10.9 Å². The zero-order valence-electron chi connectivity index (χ0n) is 24.5. The molecular weight excluding hydrogens is 622 g/mol. The number of amides is 1. The van der Waals surface area contributed by atoms with Crippen molar-refractivity contribution in [3.8, 4) is 6.01 Å². The van der Waals surface area contributed by atoms with E-state index in [-0.39, 0.29) is 42.2 Å². The highest BCUT2D eigenvalue weighted by Gasteiger charge is 2.48. The van der Waals surface area contributed by atoms with Gasteiger partial charge in [0.2, 0.25) is 0 Å². The molecule has 1 aromatic carbocycles. The number of aromatic nitrogens is 2. The van der Waals surface area contributed by atoms with Crippen molar-refractivity contribution < 1.29 is 31.8 Å². The van der Waals surface area contributed by atoms with E-state index in [9.17, 15) is 18.0 Å². The molecule has 0 bridgehead atoms. The molecule has 3 aliphatic rings. The number of nitrogens with zero attached hydrogens (tertiary/aromatic N) is 5. The zero-order chi connectivity index (χ0) is 30.4. The van der Waals surface area contributed by atoms with E-state index in [0.717, 1.165) is 18.4 Å². The molecule has 3 fully saturated rings. The average Bonchev–Trinajstić information content (AvgIpc) is 2.88. The standard InChI is InChI=1S/C29H38BrF4N5O3/c1-5-18-14-20-23(22(31)21(18)30)35-25(41-19-6-10-37(11-7-19)17-29(32,33)34)36-24(20)38-12-8-28(9-13-38)15-39(16-28)26(40)42-27(2,3)4/h14,19H,5-13,15-17H2,1-4H3. The number of piperidine rings is 2. The number of likely N-dealkylation sites (tertiary alicyclic amines) is 2. The molecule has 8 nitrogen and oxygen atoms in total. The number of hydrogen-bond donors (Lipinski definition) is 0. The van der Waals surface area contributed by atoms with Gasteiger partial charge < -0.3 is 19.3 Å². The van der Waals surface area contributed by atoms with Gasteiger partial charge in [0.25, 0.3) is 0 Å². The number of alkyl halides is 3. The number of anilines is 1.